The van der Waals surface area contributed by atoms with Crippen molar-refractivity contribution in [2.24, 2.45) is 0 Å². The summed E-state index contributed by atoms with van der Waals surface area (Å²) < 4.78 is 0. The van der Waals surface area contributed by atoms with Gasteiger partial charge in [0, 0.05) is 13.1 Å². The standard InChI is InChI=1S/C7H10N4O/c12-6-1-2-11(3-6)7-9-4-8-5-10-7/h4-6,12H,1-3H2. The van der Waals surface area contributed by atoms with Crippen molar-refractivity contribution in [1.82, 2.24) is 15.0 Å². The molecule has 5 nitrogen and oxygen atoms in total. The second kappa shape index (κ2) is 3.02. The molecule has 0 aromatic carbocycles. The molecule has 2 rings (SSSR count). The number of rotatable bonds is 1. The van der Waals surface area contributed by atoms with Gasteiger partial charge < -0.3 is 10.0 Å². The van der Waals surface area contributed by atoms with E-state index in [0.29, 0.717) is 12.5 Å². The zero-order chi connectivity index (χ0) is 8.39. The minimum absolute atomic E-state index is 0.234. The Morgan fingerprint density at radius 1 is 1.42 bits per heavy atom. The first-order chi connectivity index (χ1) is 5.86. The van der Waals surface area contributed by atoms with Crippen LogP contribution in [-0.4, -0.2) is 39.3 Å². The van der Waals surface area contributed by atoms with E-state index in [0.717, 1.165) is 13.0 Å². The van der Waals surface area contributed by atoms with Crippen LogP contribution in [0.15, 0.2) is 12.7 Å². The summed E-state index contributed by atoms with van der Waals surface area (Å²) in [6.45, 7) is 1.45. The first-order valence-corrected chi connectivity index (χ1v) is 3.91. The molecule has 0 spiro atoms. The molecule has 1 atom stereocenters. The summed E-state index contributed by atoms with van der Waals surface area (Å²) in [5.74, 6) is 0.654. The largest absolute Gasteiger partial charge is 0.391 e. The fourth-order valence-electron chi connectivity index (χ4n) is 1.32. The van der Waals surface area contributed by atoms with Gasteiger partial charge in [0.25, 0.3) is 0 Å². The summed E-state index contributed by atoms with van der Waals surface area (Å²) >= 11 is 0. The van der Waals surface area contributed by atoms with Gasteiger partial charge in [-0.2, -0.15) is 0 Å². The summed E-state index contributed by atoms with van der Waals surface area (Å²) in [5.41, 5.74) is 0. The topological polar surface area (TPSA) is 62.1 Å². The van der Waals surface area contributed by atoms with E-state index in [-0.39, 0.29) is 6.10 Å². The van der Waals surface area contributed by atoms with E-state index in [1.165, 1.54) is 12.7 Å². The number of β-amino-alcohol motifs (C(OH)–C–C–N with tert-alkyl or cyclic N) is 1. The third-order valence-corrected chi connectivity index (χ3v) is 1.93. The van der Waals surface area contributed by atoms with E-state index < -0.39 is 0 Å². The Bertz CT molecular complexity index is 253. The van der Waals surface area contributed by atoms with Crippen molar-refractivity contribution >= 4 is 5.95 Å². The van der Waals surface area contributed by atoms with Crippen LogP contribution in [0.2, 0.25) is 0 Å². The second-order valence-corrected chi connectivity index (χ2v) is 2.83. The minimum Gasteiger partial charge on any atom is -0.391 e. The molecule has 12 heavy (non-hydrogen) atoms. The van der Waals surface area contributed by atoms with Crippen molar-refractivity contribution in [2.45, 2.75) is 12.5 Å². The van der Waals surface area contributed by atoms with Crippen molar-refractivity contribution in [1.29, 1.82) is 0 Å². The van der Waals surface area contributed by atoms with Gasteiger partial charge in [-0.25, -0.2) is 15.0 Å². The van der Waals surface area contributed by atoms with Gasteiger partial charge in [0.2, 0.25) is 5.95 Å². The molecule has 0 saturated carbocycles. The molecule has 0 amide bonds. The summed E-state index contributed by atoms with van der Waals surface area (Å²) in [5, 5.41) is 9.25. The highest BCUT2D eigenvalue weighted by atomic mass is 16.3. The fourth-order valence-corrected chi connectivity index (χ4v) is 1.32. The zero-order valence-electron chi connectivity index (χ0n) is 6.59. The van der Waals surface area contributed by atoms with Crippen LogP contribution in [0.1, 0.15) is 6.42 Å². The van der Waals surface area contributed by atoms with Crippen molar-refractivity contribution in [2.75, 3.05) is 18.0 Å². The number of anilines is 1. The molecule has 1 saturated heterocycles. The molecule has 1 unspecified atom stereocenters. The van der Waals surface area contributed by atoms with Gasteiger partial charge in [-0.05, 0) is 6.42 Å². The lowest BCUT2D eigenvalue weighted by atomic mass is 10.3. The Morgan fingerprint density at radius 3 is 2.75 bits per heavy atom. The van der Waals surface area contributed by atoms with E-state index in [9.17, 15) is 5.11 Å². The van der Waals surface area contributed by atoms with Crippen LogP contribution in [-0.2, 0) is 0 Å². The molecule has 64 valence electrons. The van der Waals surface area contributed by atoms with E-state index in [2.05, 4.69) is 15.0 Å². The first kappa shape index (κ1) is 7.42. The van der Waals surface area contributed by atoms with Gasteiger partial charge in [0.15, 0.2) is 0 Å². The molecule has 1 fully saturated rings. The third kappa shape index (κ3) is 1.35. The lowest BCUT2D eigenvalue weighted by Gasteiger charge is -2.13. The maximum Gasteiger partial charge on any atom is 0.228 e. The average Bonchev–Trinajstić information content (AvgIpc) is 2.54. The van der Waals surface area contributed by atoms with E-state index in [4.69, 9.17) is 0 Å². The predicted octanol–water partition coefficient (Wildman–Crippen LogP) is -0.557. The van der Waals surface area contributed by atoms with Crippen LogP contribution in [0.5, 0.6) is 0 Å². The molecule has 1 aliphatic rings. The van der Waals surface area contributed by atoms with Crippen LogP contribution in [0, 0.1) is 0 Å². The van der Waals surface area contributed by atoms with E-state index in [1.54, 1.807) is 0 Å². The van der Waals surface area contributed by atoms with Gasteiger partial charge in [-0.1, -0.05) is 0 Å². The van der Waals surface area contributed by atoms with Crippen molar-refractivity contribution in [3.8, 4) is 0 Å². The van der Waals surface area contributed by atoms with E-state index >= 15 is 0 Å². The smallest absolute Gasteiger partial charge is 0.228 e. The Kier molecular flexibility index (Phi) is 1.87. The Morgan fingerprint density at radius 2 is 2.17 bits per heavy atom. The maximum absolute atomic E-state index is 9.25. The van der Waals surface area contributed by atoms with E-state index in [1.807, 2.05) is 4.90 Å². The highest BCUT2D eigenvalue weighted by Gasteiger charge is 2.21. The molecular formula is C7H10N4O. The first-order valence-electron chi connectivity index (χ1n) is 3.91. The molecular weight excluding hydrogens is 156 g/mol. The van der Waals surface area contributed by atoms with Gasteiger partial charge >= 0.3 is 0 Å². The maximum atomic E-state index is 9.25. The highest BCUT2D eigenvalue weighted by molar-refractivity contribution is 5.29. The minimum atomic E-state index is -0.234. The number of aromatic nitrogens is 3. The summed E-state index contributed by atoms with van der Waals surface area (Å²) in [6.07, 6.45) is 3.49. The highest BCUT2D eigenvalue weighted by Crippen LogP contribution is 2.13. The summed E-state index contributed by atoms with van der Waals surface area (Å²) in [4.78, 5) is 13.7. The van der Waals surface area contributed by atoms with Gasteiger partial charge in [-0.15, -0.1) is 0 Å². The molecule has 1 aliphatic heterocycles. The predicted molar refractivity (Wildman–Crippen MR) is 42.7 cm³/mol. The number of aliphatic hydroxyl groups excluding tert-OH is 1. The molecule has 2 heterocycles. The van der Waals surface area contributed by atoms with Gasteiger partial charge in [-0.3, -0.25) is 0 Å². The Labute approximate surface area is 70.1 Å². The fraction of sp³-hybridized carbons (Fsp3) is 0.571. The second-order valence-electron chi connectivity index (χ2n) is 2.83. The van der Waals surface area contributed by atoms with Crippen molar-refractivity contribution in [3.63, 3.8) is 0 Å². The lowest BCUT2D eigenvalue weighted by Crippen LogP contribution is -2.23. The van der Waals surface area contributed by atoms with Crippen LogP contribution in [0.3, 0.4) is 0 Å². The van der Waals surface area contributed by atoms with Crippen LogP contribution in [0.4, 0.5) is 5.95 Å². The number of aliphatic hydroxyl groups is 1. The summed E-state index contributed by atoms with van der Waals surface area (Å²) in [7, 11) is 0. The Balaban J connectivity index is 2.11. The SMILES string of the molecule is OC1CCN(c2ncncn2)C1. The van der Waals surface area contributed by atoms with Crippen LogP contribution >= 0.6 is 0 Å². The summed E-state index contributed by atoms with van der Waals surface area (Å²) in [6, 6.07) is 0. The number of hydrogen-bond acceptors (Lipinski definition) is 5. The number of nitrogens with zero attached hydrogens (tertiary/aromatic N) is 4. The van der Waals surface area contributed by atoms with Crippen molar-refractivity contribution < 1.29 is 5.11 Å². The molecule has 1 aromatic rings. The molecule has 1 N–H and O–H groups in total. The molecule has 0 aliphatic carbocycles. The quantitative estimate of drug-likeness (QED) is 0.606. The number of hydrogen-bond donors (Lipinski definition) is 1. The van der Waals surface area contributed by atoms with Crippen molar-refractivity contribution in [3.05, 3.63) is 12.7 Å². The van der Waals surface area contributed by atoms with Crippen LogP contribution < -0.4 is 4.90 Å². The molecule has 0 radical (unpaired) electrons. The van der Waals surface area contributed by atoms with Crippen LogP contribution in [0.25, 0.3) is 0 Å². The molecule has 1 aromatic heterocycles. The average molecular weight is 166 g/mol. The lowest BCUT2D eigenvalue weighted by molar-refractivity contribution is 0.198. The Hall–Kier alpha value is -1.23. The molecule has 5 heteroatoms. The van der Waals surface area contributed by atoms with Gasteiger partial charge in [0.05, 0.1) is 6.10 Å². The third-order valence-electron chi connectivity index (χ3n) is 1.93. The zero-order valence-corrected chi connectivity index (χ0v) is 6.59. The molecule has 0 bridgehead atoms. The van der Waals surface area contributed by atoms with Gasteiger partial charge in [0.1, 0.15) is 12.7 Å². The normalized spacial score (nSPS) is 23.1. The monoisotopic (exact) mass is 166 g/mol.